The van der Waals surface area contributed by atoms with Gasteiger partial charge >= 0.3 is 0 Å². The standard InChI is InChI=1S/C17H13FN4/c1-12(13-7-3-2-4-8-13)22-17(16(11-19)20-21-22)14-9-5-6-10-15(14)18/h2-10,12H,1H3. The average Bonchev–Trinajstić information content (AvgIpc) is 2.99. The second-order valence-corrected chi connectivity index (χ2v) is 4.91. The van der Waals surface area contributed by atoms with Crippen molar-refractivity contribution in [1.82, 2.24) is 15.0 Å². The molecule has 0 aliphatic rings. The molecule has 0 saturated carbocycles. The van der Waals surface area contributed by atoms with Gasteiger partial charge in [0.2, 0.25) is 0 Å². The first-order chi connectivity index (χ1) is 10.7. The SMILES string of the molecule is CC(c1ccccc1)n1nnc(C#N)c1-c1ccccc1F. The number of hydrogen-bond donors (Lipinski definition) is 0. The molecule has 22 heavy (non-hydrogen) atoms. The van der Waals surface area contributed by atoms with E-state index in [4.69, 9.17) is 0 Å². The lowest BCUT2D eigenvalue weighted by atomic mass is 10.1. The van der Waals surface area contributed by atoms with Crippen LogP contribution in [0.25, 0.3) is 11.3 Å². The van der Waals surface area contributed by atoms with E-state index in [1.165, 1.54) is 6.07 Å². The van der Waals surface area contributed by atoms with E-state index in [1.807, 2.05) is 43.3 Å². The fourth-order valence-corrected chi connectivity index (χ4v) is 2.42. The zero-order valence-corrected chi connectivity index (χ0v) is 11.9. The molecular weight excluding hydrogens is 279 g/mol. The summed E-state index contributed by atoms with van der Waals surface area (Å²) in [5.74, 6) is -0.400. The van der Waals surface area contributed by atoms with Crippen LogP contribution in [0.1, 0.15) is 24.2 Å². The van der Waals surface area contributed by atoms with Crippen molar-refractivity contribution in [2.45, 2.75) is 13.0 Å². The Balaban J connectivity index is 2.17. The molecule has 1 aromatic heterocycles. The summed E-state index contributed by atoms with van der Waals surface area (Å²) in [5, 5.41) is 17.2. The highest BCUT2D eigenvalue weighted by molar-refractivity contribution is 5.65. The van der Waals surface area contributed by atoms with E-state index in [9.17, 15) is 9.65 Å². The Morgan fingerprint density at radius 2 is 1.77 bits per heavy atom. The first-order valence-electron chi connectivity index (χ1n) is 6.87. The van der Waals surface area contributed by atoms with Crippen molar-refractivity contribution in [2.75, 3.05) is 0 Å². The quantitative estimate of drug-likeness (QED) is 0.741. The smallest absolute Gasteiger partial charge is 0.190 e. The van der Waals surface area contributed by atoms with Crippen LogP contribution in [0.5, 0.6) is 0 Å². The van der Waals surface area contributed by atoms with Crippen molar-refractivity contribution in [2.24, 2.45) is 0 Å². The normalized spacial score (nSPS) is 11.9. The highest BCUT2D eigenvalue weighted by atomic mass is 19.1. The largest absolute Gasteiger partial charge is 0.236 e. The Bertz CT molecular complexity index is 833. The van der Waals surface area contributed by atoms with Crippen LogP contribution in [-0.4, -0.2) is 15.0 Å². The highest BCUT2D eigenvalue weighted by Gasteiger charge is 2.21. The molecule has 3 rings (SSSR count). The van der Waals surface area contributed by atoms with Crippen molar-refractivity contribution in [3.63, 3.8) is 0 Å². The summed E-state index contributed by atoms with van der Waals surface area (Å²) in [6.07, 6.45) is 0. The highest BCUT2D eigenvalue weighted by Crippen LogP contribution is 2.29. The van der Waals surface area contributed by atoms with Crippen molar-refractivity contribution >= 4 is 0 Å². The average molecular weight is 292 g/mol. The van der Waals surface area contributed by atoms with Gasteiger partial charge in [-0.15, -0.1) is 5.10 Å². The predicted molar refractivity (Wildman–Crippen MR) is 80.4 cm³/mol. The molecule has 0 N–H and O–H groups in total. The van der Waals surface area contributed by atoms with Crippen LogP contribution in [0.3, 0.4) is 0 Å². The van der Waals surface area contributed by atoms with Crippen molar-refractivity contribution in [1.29, 1.82) is 5.26 Å². The number of halogens is 1. The van der Waals surface area contributed by atoms with Gasteiger partial charge < -0.3 is 0 Å². The molecular formula is C17H13FN4. The molecule has 0 amide bonds. The third-order valence-electron chi connectivity index (χ3n) is 3.58. The molecule has 1 atom stereocenters. The summed E-state index contributed by atoms with van der Waals surface area (Å²) in [5.41, 5.74) is 1.85. The van der Waals surface area contributed by atoms with Crippen LogP contribution >= 0.6 is 0 Å². The Morgan fingerprint density at radius 3 is 2.45 bits per heavy atom. The summed E-state index contributed by atoms with van der Waals surface area (Å²) in [7, 11) is 0. The first-order valence-corrected chi connectivity index (χ1v) is 6.87. The van der Waals surface area contributed by atoms with Crippen LogP contribution < -0.4 is 0 Å². The van der Waals surface area contributed by atoms with Crippen LogP contribution in [0.15, 0.2) is 54.6 Å². The van der Waals surface area contributed by atoms with Crippen LogP contribution in [0.4, 0.5) is 4.39 Å². The Morgan fingerprint density at radius 1 is 1.09 bits per heavy atom. The number of rotatable bonds is 3. The van der Waals surface area contributed by atoms with E-state index in [0.717, 1.165) is 5.56 Å². The molecule has 5 heteroatoms. The fraction of sp³-hybridized carbons (Fsp3) is 0.118. The van der Waals surface area contributed by atoms with Crippen molar-refractivity contribution in [3.05, 3.63) is 71.7 Å². The molecule has 108 valence electrons. The van der Waals surface area contributed by atoms with Gasteiger partial charge in [0, 0.05) is 5.56 Å². The van der Waals surface area contributed by atoms with Gasteiger partial charge in [-0.2, -0.15) is 5.26 Å². The monoisotopic (exact) mass is 292 g/mol. The van der Waals surface area contributed by atoms with E-state index in [2.05, 4.69) is 10.3 Å². The maximum Gasteiger partial charge on any atom is 0.190 e. The second-order valence-electron chi connectivity index (χ2n) is 4.91. The fourth-order valence-electron chi connectivity index (χ4n) is 2.42. The molecule has 0 aliphatic carbocycles. The van der Waals surface area contributed by atoms with Crippen molar-refractivity contribution < 1.29 is 4.39 Å². The molecule has 1 heterocycles. The summed E-state index contributed by atoms with van der Waals surface area (Å²) in [6.45, 7) is 1.94. The number of nitrogens with zero attached hydrogens (tertiary/aromatic N) is 4. The molecule has 0 saturated heterocycles. The molecule has 2 aromatic carbocycles. The minimum Gasteiger partial charge on any atom is -0.236 e. The zero-order chi connectivity index (χ0) is 15.5. The molecule has 0 radical (unpaired) electrons. The topological polar surface area (TPSA) is 54.5 Å². The van der Waals surface area contributed by atoms with Crippen LogP contribution in [-0.2, 0) is 0 Å². The van der Waals surface area contributed by atoms with E-state index in [-0.39, 0.29) is 11.7 Å². The van der Waals surface area contributed by atoms with Gasteiger partial charge in [-0.25, -0.2) is 9.07 Å². The summed E-state index contributed by atoms with van der Waals surface area (Å²) >= 11 is 0. The summed E-state index contributed by atoms with van der Waals surface area (Å²) in [4.78, 5) is 0. The molecule has 0 aliphatic heterocycles. The van der Waals surface area contributed by atoms with Gasteiger partial charge in [-0.1, -0.05) is 47.7 Å². The van der Waals surface area contributed by atoms with Gasteiger partial charge in [-0.3, -0.25) is 0 Å². The lowest BCUT2D eigenvalue weighted by Crippen LogP contribution is -2.11. The third kappa shape index (κ3) is 2.35. The molecule has 3 aromatic rings. The van der Waals surface area contributed by atoms with E-state index >= 15 is 0 Å². The van der Waals surface area contributed by atoms with E-state index in [0.29, 0.717) is 11.3 Å². The van der Waals surface area contributed by atoms with E-state index < -0.39 is 5.82 Å². The Hall–Kier alpha value is -3.00. The second kappa shape index (κ2) is 5.78. The van der Waals surface area contributed by atoms with Crippen molar-refractivity contribution in [3.8, 4) is 17.3 Å². The molecule has 0 fully saturated rings. The van der Waals surface area contributed by atoms with Gasteiger partial charge in [0.15, 0.2) is 5.69 Å². The molecule has 4 nitrogen and oxygen atoms in total. The summed E-state index contributed by atoms with van der Waals surface area (Å²) < 4.78 is 15.7. The maximum atomic E-state index is 14.1. The van der Waals surface area contributed by atoms with E-state index in [1.54, 1.807) is 22.9 Å². The van der Waals surface area contributed by atoms with Gasteiger partial charge in [-0.05, 0) is 24.6 Å². The zero-order valence-electron chi connectivity index (χ0n) is 11.9. The molecule has 0 bridgehead atoms. The Labute approximate surface area is 127 Å². The van der Waals surface area contributed by atoms with Gasteiger partial charge in [0.05, 0.1) is 6.04 Å². The summed E-state index contributed by atoms with van der Waals surface area (Å²) in [6, 6.07) is 17.9. The predicted octanol–water partition coefficient (Wildman–Crippen LogP) is 3.57. The van der Waals surface area contributed by atoms with Gasteiger partial charge in [0.25, 0.3) is 0 Å². The third-order valence-corrected chi connectivity index (χ3v) is 3.58. The molecule has 0 spiro atoms. The number of benzene rings is 2. The minimum absolute atomic E-state index is 0.118. The number of aromatic nitrogens is 3. The number of hydrogen-bond acceptors (Lipinski definition) is 3. The Kier molecular flexibility index (Phi) is 3.67. The molecule has 1 unspecified atom stereocenters. The lowest BCUT2D eigenvalue weighted by Gasteiger charge is -2.15. The number of nitriles is 1. The van der Waals surface area contributed by atoms with Crippen LogP contribution in [0.2, 0.25) is 0 Å². The minimum atomic E-state index is -0.400. The first kappa shape index (κ1) is 14.0. The van der Waals surface area contributed by atoms with Crippen LogP contribution in [0, 0.1) is 17.1 Å². The van der Waals surface area contributed by atoms with Gasteiger partial charge in [0.1, 0.15) is 17.6 Å². The lowest BCUT2D eigenvalue weighted by molar-refractivity contribution is 0.545. The maximum absolute atomic E-state index is 14.1.